The molecule has 0 spiro atoms. The minimum atomic E-state index is 0.698. The van der Waals surface area contributed by atoms with Crippen molar-refractivity contribution in [2.75, 3.05) is 0 Å². The molecule has 0 bridgehead atoms. The van der Waals surface area contributed by atoms with Crippen LogP contribution < -0.4 is 4.57 Å². The molecule has 0 fully saturated rings. The van der Waals surface area contributed by atoms with Gasteiger partial charge in [-0.15, -0.1) is 0 Å². The van der Waals surface area contributed by atoms with E-state index in [9.17, 15) is 0 Å². The number of hydrogen-bond acceptors (Lipinski definition) is 2. The normalized spacial score (nSPS) is 11.7. The molecule has 0 unspecified atom stereocenters. The molecule has 0 saturated carbocycles. The molecule has 0 atom stereocenters. The molecule has 27 heavy (non-hydrogen) atoms. The van der Waals surface area contributed by atoms with Crippen molar-refractivity contribution in [3.05, 3.63) is 72.1 Å². The average molecular weight is 353 g/mol. The molecule has 3 heteroatoms. The van der Waals surface area contributed by atoms with Crippen molar-refractivity contribution in [2.45, 2.75) is 20.3 Å². The van der Waals surface area contributed by atoms with Gasteiger partial charge in [-0.1, -0.05) is 43.3 Å². The van der Waals surface area contributed by atoms with Crippen molar-refractivity contribution >= 4 is 32.8 Å². The summed E-state index contributed by atoms with van der Waals surface area (Å²) in [7, 11) is 2.10. The van der Waals surface area contributed by atoms with Crippen molar-refractivity contribution in [1.82, 2.24) is 4.98 Å². The summed E-state index contributed by atoms with van der Waals surface area (Å²) in [6.45, 7) is 4.32. The molecule has 5 aromatic rings. The van der Waals surface area contributed by atoms with Crippen LogP contribution in [0.1, 0.15) is 18.1 Å². The number of furan rings is 1. The number of fused-ring (bicyclic) bond motifs is 5. The van der Waals surface area contributed by atoms with Gasteiger partial charge in [-0.05, 0) is 30.4 Å². The van der Waals surface area contributed by atoms with Crippen LogP contribution in [0.2, 0.25) is 0 Å². The zero-order valence-corrected chi connectivity index (χ0v) is 15.8. The van der Waals surface area contributed by atoms with Gasteiger partial charge in [0.05, 0.1) is 10.9 Å². The first-order chi connectivity index (χ1) is 13.2. The Morgan fingerprint density at radius 3 is 2.67 bits per heavy atom. The quantitative estimate of drug-likeness (QED) is 0.392. The minimum Gasteiger partial charge on any atom is -0.437 e. The second kappa shape index (κ2) is 5.92. The van der Waals surface area contributed by atoms with E-state index in [-0.39, 0.29) is 0 Å². The highest BCUT2D eigenvalue weighted by atomic mass is 16.3. The van der Waals surface area contributed by atoms with Gasteiger partial charge in [0.2, 0.25) is 11.4 Å². The molecule has 132 valence electrons. The third-order valence-electron chi connectivity index (χ3n) is 5.46. The fraction of sp³-hybridized carbons (Fsp3) is 0.167. The van der Waals surface area contributed by atoms with E-state index < -0.39 is 0 Å². The van der Waals surface area contributed by atoms with E-state index in [0.29, 0.717) is 5.71 Å². The van der Waals surface area contributed by atoms with Crippen LogP contribution in [-0.4, -0.2) is 4.98 Å². The third-order valence-corrected chi connectivity index (χ3v) is 5.46. The molecular formula is C24H21N2O+. The van der Waals surface area contributed by atoms with Gasteiger partial charge in [-0.2, -0.15) is 0 Å². The zero-order chi connectivity index (χ0) is 18.5. The Hall–Kier alpha value is -3.20. The lowest BCUT2D eigenvalue weighted by Gasteiger charge is -2.06. The highest BCUT2D eigenvalue weighted by molar-refractivity contribution is 6.19. The second-order valence-corrected chi connectivity index (χ2v) is 7.15. The zero-order valence-electron chi connectivity index (χ0n) is 15.8. The van der Waals surface area contributed by atoms with E-state index in [0.717, 1.165) is 39.4 Å². The van der Waals surface area contributed by atoms with E-state index in [1.165, 1.54) is 16.5 Å². The molecular weight excluding hydrogens is 332 g/mol. The summed E-state index contributed by atoms with van der Waals surface area (Å²) in [6.07, 6.45) is 5.12. The molecule has 0 radical (unpaired) electrons. The van der Waals surface area contributed by atoms with Gasteiger partial charge in [-0.25, -0.2) is 9.55 Å². The van der Waals surface area contributed by atoms with E-state index in [2.05, 4.69) is 79.1 Å². The molecule has 0 saturated heterocycles. The summed E-state index contributed by atoms with van der Waals surface area (Å²) < 4.78 is 8.51. The predicted molar refractivity (Wildman–Crippen MR) is 110 cm³/mol. The summed E-state index contributed by atoms with van der Waals surface area (Å²) in [5.74, 6) is 0. The lowest BCUT2D eigenvalue weighted by Crippen LogP contribution is -2.31. The molecule has 0 amide bonds. The van der Waals surface area contributed by atoms with Crippen LogP contribution in [0.5, 0.6) is 0 Å². The molecule has 0 aliphatic heterocycles. The van der Waals surface area contributed by atoms with Gasteiger partial charge in [0.25, 0.3) is 0 Å². The Bertz CT molecular complexity index is 1330. The fourth-order valence-corrected chi connectivity index (χ4v) is 4.02. The van der Waals surface area contributed by atoms with Crippen molar-refractivity contribution in [2.24, 2.45) is 7.05 Å². The number of pyridine rings is 2. The van der Waals surface area contributed by atoms with Crippen molar-refractivity contribution in [3.63, 3.8) is 0 Å². The maximum Gasteiger partial charge on any atom is 0.227 e. The molecule has 5 rings (SSSR count). The standard InChI is InChI=1S/C24H21N2O/c1-4-16-10-12-20(26(3)14-16)21-15(2)9-11-19-22-18-8-6-5-7-17(18)13-25-24(22)27-23(19)21/h5-14H,4H2,1-3H3/q+1. The molecule has 0 N–H and O–H groups in total. The third kappa shape index (κ3) is 2.35. The van der Waals surface area contributed by atoms with Crippen molar-refractivity contribution in [1.29, 1.82) is 0 Å². The van der Waals surface area contributed by atoms with E-state index in [1.54, 1.807) is 0 Å². The monoisotopic (exact) mass is 353 g/mol. The number of rotatable bonds is 2. The number of nitrogens with zero attached hydrogens (tertiary/aromatic N) is 2. The summed E-state index contributed by atoms with van der Waals surface area (Å²) >= 11 is 0. The smallest absolute Gasteiger partial charge is 0.227 e. The molecule has 3 heterocycles. The molecule has 3 nitrogen and oxygen atoms in total. The van der Waals surface area contributed by atoms with Gasteiger partial charge >= 0.3 is 0 Å². The van der Waals surface area contributed by atoms with Crippen LogP contribution >= 0.6 is 0 Å². The molecule has 0 aliphatic carbocycles. The summed E-state index contributed by atoms with van der Waals surface area (Å²) in [5.41, 5.74) is 6.42. The van der Waals surface area contributed by atoms with Gasteiger partial charge in [0.15, 0.2) is 11.8 Å². The highest BCUT2D eigenvalue weighted by Gasteiger charge is 2.21. The highest BCUT2D eigenvalue weighted by Crippen LogP contribution is 2.38. The minimum absolute atomic E-state index is 0.698. The van der Waals surface area contributed by atoms with Crippen LogP contribution in [0.3, 0.4) is 0 Å². The van der Waals surface area contributed by atoms with Crippen LogP contribution in [0.25, 0.3) is 44.1 Å². The Morgan fingerprint density at radius 1 is 1.00 bits per heavy atom. The van der Waals surface area contributed by atoms with Gasteiger partial charge < -0.3 is 4.42 Å². The summed E-state index contributed by atoms with van der Waals surface area (Å²) in [4.78, 5) is 4.59. The van der Waals surface area contributed by atoms with E-state index in [1.807, 2.05) is 12.3 Å². The van der Waals surface area contributed by atoms with Crippen LogP contribution in [-0.2, 0) is 13.5 Å². The Morgan fingerprint density at radius 2 is 1.85 bits per heavy atom. The number of hydrogen-bond donors (Lipinski definition) is 0. The van der Waals surface area contributed by atoms with Gasteiger partial charge in [-0.3, -0.25) is 0 Å². The maximum absolute atomic E-state index is 6.31. The van der Waals surface area contributed by atoms with Crippen molar-refractivity contribution in [3.8, 4) is 11.3 Å². The SMILES string of the molecule is CCc1ccc(-c2c(C)ccc3c2oc2ncc4ccccc4c23)[n+](C)c1. The summed E-state index contributed by atoms with van der Waals surface area (Å²) in [6, 6.07) is 17.1. The maximum atomic E-state index is 6.31. The first kappa shape index (κ1) is 16.0. The molecule has 2 aromatic carbocycles. The van der Waals surface area contributed by atoms with Crippen LogP contribution in [0, 0.1) is 6.92 Å². The average Bonchev–Trinajstić information content (AvgIpc) is 3.07. The number of aryl methyl sites for hydroxylation is 3. The number of benzene rings is 2. The molecule has 0 aliphatic rings. The van der Waals surface area contributed by atoms with Crippen LogP contribution in [0.4, 0.5) is 0 Å². The Kier molecular flexibility index (Phi) is 3.51. The molecule has 3 aromatic heterocycles. The lowest BCUT2D eigenvalue weighted by molar-refractivity contribution is -0.660. The second-order valence-electron chi connectivity index (χ2n) is 7.15. The predicted octanol–water partition coefficient (Wildman–Crippen LogP) is 5.50. The topological polar surface area (TPSA) is 29.9 Å². The first-order valence-electron chi connectivity index (χ1n) is 9.36. The Balaban J connectivity index is 1.91. The summed E-state index contributed by atoms with van der Waals surface area (Å²) in [5, 5.41) is 4.53. The van der Waals surface area contributed by atoms with Crippen LogP contribution in [0.15, 0.2) is 65.3 Å². The van der Waals surface area contributed by atoms with Gasteiger partial charge in [0.1, 0.15) is 7.05 Å². The first-order valence-corrected chi connectivity index (χ1v) is 9.36. The van der Waals surface area contributed by atoms with Crippen molar-refractivity contribution < 1.29 is 8.98 Å². The Labute approximate surface area is 157 Å². The fourth-order valence-electron chi connectivity index (χ4n) is 4.02. The van der Waals surface area contributed by atoms with E-state index in [4.69, 9.17) is 4.42 Å². The lowest BCUT2D eigenvalue weighted by atomic mass is 9.99. The number of aromatic nitrogens is 2. The van der Waals surface area contributed by atoms with Gasteiger partial charge in [0, 0.05) is 28.6 Å². The largest absolute Gasteiger partial charge is 0.437 e. The van der Waals surface area contributed by atoms with E-state index >= 15 is 0 Å².